The number of carbonyl (C=O) groups excluding carboxylic acids is 3. The van der Waals surface area contributed by atoms with Crippen molar-refractivity contribution in [1.29, 1.82) is 0 Å². The zero-order valence-electron chi connectivity index (χ0n) is 18.0. The van der Waals surface area contributed by atoms with Gasteiger partial charge >= 0.3 is 0 Å². The van der Waals surface area contributed by atoms with E-state index in [4.69, 9.17) is 0 Å². The minimum absolute atomic E-state index is 0.312. The molecule has 0 unspecified atom stereocenters. The van der Waals surface area contributed by atoms with E-state index >= 15 is 0 Å². The van der Waals surface area contributed by atoms with Crippen molar-refractivity contribution in [1.82, 2.24) is 0 Å². The Labute approximate surface area is 187 Å². The summed E-state index contributed by atoms with van der Waals surface area (Å²) in [5, 5.41) is 0. The zero-order valence-corrected chi connectivity index (χ0v) is 18.0. The Morgan fingerprint density at radius 2 is 0.719 bits per heavy atom. The average molecular weight is 421 g/mol. The third-order valence-electron chi connectivity index (χ3n) is 9.27. The maximum atomic E-state index is 12.4. The third-order valence-corrected chi connectivity index (χ3v) is 9.27. The van der Waals surface area contributed by atoms with Gasteiger partial charge in [-0.05, 0) is 33.4 Å². The van der Waals surface area contributed by atoms with Crippen LogP contribution in [0.15, 0.2) is 72.8 Å². The van der Waals surface area contributed by atoms with E-state index in [1.54, 1.807) is 0 Å². The van der Waals surface area contributed by atoms with Crippen LogP contribution in [0.2, 0.25) is 0 Å². The Bertz CT molecular complexity index is 1070. The van der Waals surface area contributed by atoms with Crippen LogP contribution in [0.3, 0.4) is 0 Å². The molecular weight excluding hydrogens is 396 g/mol. The molecule has 0 amide bonds. The topological polar surface area (TPSA) is 51.2 Å². The highest BCUT2D eigenvalue weighted by Gasteiger charge is 2.82. The van der Waals surface area contributed by atoms with Gasteiger partial charge in [0.05, 0.1) is 0 Å². The molecule has 3 aliphatic rings. The lowest BCUT2D eigenvalue weighted by atomic mass is 9.48. The number of rotatable bonds is 6. The normalized spacial score (nSPS) is 32.5. The molecule has 0 spiro atoms. The van der Waals surface area contributed by atoms with Crippen LogP contribution in [-0.2, 0) is 30.6 Å². The highest BCUT2D eigenvalue weighted by Crippen LogP contribution is 2.84. The quantitative estimate of drug-likeness (QED) is 0.545. The number of fused-ring (bicyclic) bond motifs is 9. The Hall–Kier alpha value is -3.33. The van der Waals surface area contributed by atoms with Gasteiger partial charge in [-0.1, -0.05) is 79.7 Å². The second kappa shape index (κ2) is 6.13. The molecule has 0 radical (unpaired) electrons. The molecule has 3 nitrogen and oxygen atoms in total. The van der Waals surface area contributed by atoms with Gasteiger partial charge in [0.1, 0.15) is 18.9 Å². The summed E-state index contributed by atoms with van der Waals surface area (Å²) in [7, 11) is 0. The molecule has 0 saturated carbocycles. The summed E-state index contributed by atoms with van der Waals surface area (Å²) in [6.07, 6.45) is 4.01. The summed E-state index contributed by atoms with van der Waals surface area (Å²) >= 11 is 0. The molecule has 3 heteroatoms. The fourth-order valence-corrected chi connectivity index (χ4v) is 8.47. The molecule has 0 aromatic heterocycles. The van der Waals surface area contributed by atoms with E-state index in [0.717, 1.165) is 52.2 Å². The standard InChI is InChI=1S/C29H24O3/c1-26-27(14-17-30)20-8-2-3-9-21(20)28(26,15-18-31)24-12-6-7-13-25(24)29(26,16-19-32)23-11-5-4-10-22(23)27/h2-13,17-19H,14-16H2,1H3. The van der Waals surface area contributed by atoms with Crippen LogP contribution in [0, 0.1) is 5.41 Å². The van der Waals surface area contributed by atoms with Gasteiger partial charge < -0.3 is 14.4 Å². The number of carbonyl (C=O) groups is 3. The third kappa shape index (κ3) is 1.60. The van der Waals surface area contributed by atoms with Gasteiger partial charge in [0.25, 0.3) is 0 Å². The summed E-state index contributed by atoms with van der Waals surface area (Å²) in [6.45, 7) is 2.24. The first-order valence-electron chi connectivity index (χ1n) is 11.2. The Kier molecular flexibility index (Phi) is 3.71. The first-order chi connectivity index (χ1) is 15.6. The van der Waals surface area contributed by atoms with Crippen molar-refractivity contribution < 1.29 is 14.4 Å². The fraction of sp³-hybridized carbons (Fsp3) is 0.276. The van der Waals surface area contributed by atoms with Gasteiger partial charge in [-0.3, -0.25) is 0 Å². The summed E-state index contributed by atoms with van der Waals surface area (Å²) < 4.78 is 0. The van der Waals surface area contributed by atoms with Crippen LogP contribution in [-0.4, -0.2) is 18.9 Å². The van der Waals surface area contributed by atoms with E-state index < -0.39 is 21.7 Å². The van der Waals surface area contributed by atoms with Crippen molar-refractivity contribution in [3.63, 3.8) is 0 Å². The molecule has 3 aromatic rings. The number of hydrogen-bond donors (Lipinski definition) is 0. The van der Waals surface area contributed by atoms with Crippen molar-refractivity contribution in [2.24, 2.45) is 5.41 Å². The highest BCUT2D eigenvalue weighted by atomic mass is 16.1. The second-order valence-electron chi connectivity index (χ2n) is 9.59. The molecular formula is C29H24O3. The first-order valence-corrected chi connectivity index (χ1v) is 11.2. The smallest absolute Gasteiger partial charge is 0.121 e. The molecule has 0 N–H and O–H groups in total. The Morgan fingerprint density at radius 3 is 0.906 bits per heavy atom. The lowest BCUT2D eigenvalue weighted by Gasteiger charge is -2.52. The fourth-order valence-electron chi connectivity index (χ4n) is 8.47. The van der Waals surface area contributed by atoms with Crippen LogP contribution in [0.5, 0.6) is 0 Å². The molecule has 6 rings (SSSR count). The maximum Gasteiger partial charge on any atom is 0.121 e. The van der Waals surface area contributed by atoms with Crippen LogP contribution >= 0.6 is 0 Å². The molecule has 32 heavy (non-hydrogen) atoms. The van der Waals surface area contributed by atoms with Crippen molar-refractivity contribution >= 4 is 18.9 Å². The minimum Gasteiger partial charge on any atom is -0.303 e. The molecule has 0 aliphatic heterocycles. The molecule has 0 heterocycles. The largest absolute Gasteiger partial charge is 0.303 e. The van der Waals surface area contributed by atoms with Crippen LogP contribution in [0.4, 0.5) is 0 Å². The molecule has 0 saturated heterocycles. The zero-order chi connectivity index (χ0) is 22.2. The summed E-state index contributed by atoms with van der Waals surface area (Å²) in [5.74, 6) is 0. The molecule has 158 valence electrons. The Balaban J connectivity index is 1.94. The maximum absolute atomic E-state index is 12.4. The van der Waals surface area contributed by atoms with Gasteiger partial charge in [0, 0.05) is 40.9 Å². The van der Waals surface area contributed by atoms with Crippen molar-refractivity contribution in [3.8, 4) is 0 Å². The van der Waals surface area contributed by atoms with Crippen LogP contribution < -0.4 is 0 Å². The van der Waals surface area contributed by atoms with E-state index in [0.29, 0.717) is 19.3 Å². The summed E-state index contributed by atoms with van der Waals surface area (Å²) in [4.78, 5) is 37.1. The van der Waals surface area contributed by atoms with Crippen LogP contribution in [0.25, 0.3) is 0 Å². The van der Waals surface area contributed by atoms with E-state index in [1.165, 1.54) is 0 Å². The molecule has 3 aromatic carbocycles. The molecule has 0 atom stereocenters. The number of benzene rings is 3. The molecule has 3 aliphatic carbocycles. The van der Waals surface area contributed by atoms with Gasteiger partial charge in [-0.25, -0.2) is 0 Å². The van der Waals surface area contributed by atoms with Gasteiger partial charge in [-0.15, -0.1) is 0 Å². The van der Waals surface area contributed by atoms with Crippen LogP contribution in [0.1, 0.15) is 59.6 Å². The Morgan fingerprint density at radius 1 is 0.500 bits per heavy atom. The summed E-state index contributed by atoms with van der Waals surface area (Å²) in [6, 6.07) is 24.9. The lowest BCUT2D eigenvalue weighted by Crippen LogP contribution is -2.55. The monoisotopic (exact) mass is 420 g/mol. The van der Waals surface area contributed by atoms with Crippen molar-refractivity contribution in [2.75, 3.05) is 0 Å². The van der Waals surface area contributed by atoms with Gasteiger partial charge in [-0.2, -0.15) is 0 Å². The van der Waals surface area contributed by atoms with E-state index in [9.17, 15) is 14.4 Å². The number of hydrogen-bond acceptors (Lipinski definition) is 3. The SMILES string of the molecule is CC12C3(CC=O)c4ccccc4C1(CC=O)c1ccccc1C2(CC=O)c1ccccc13. The van der Waals surface area contributed by atoms with Gasteiger partial charge in [0.2, 0.25) is 0 Å². The first kappa shape index (κ1) is 19.4. The van der Waals surface area contributed by atoms with Crippen molar-refractivity contribution in [2.45, 2.75) is 42.4 Å². The van der Waals surface area contributed by atoms with Gasteiger partial charge in [0.15, 0.2) is 0 Å². The predicted molar refractivity (Wildman–Crippen MR) is 122 cm³/mol. The molecule has 0 bridgehead atoms. The summed E-state index contributed by atoms with van der Waals surface area (Å²) in [5.41, 5.74) is 4.26. The van der Waals surface area contributed by atoms with E-state index in [2.05, 4.69) is 43.3 Å². The number of aldehydes is 3. The lowest BCUT2D eigenvalue weighted by molar-refractivity contribution is -0.112. The highest BCUT2D eigenvalue weighted by molar-refractivity contribution is 5.83. The average Bonchev–Trinajstić information content (AvgIpc) is 3.23. The predicted octanol–water partition coefficient (Wildman–Crippen LogP) is 4.66. The molecule has 0 fully saturated rings. The van der Waals surface area contributed by atoms with Crippen molar-refractivity contribution in [3.05, 3.63) is 106 Å². The van der Waals surface area contributed by atoms with E-state index in [1.807, 2.05) is 36.4 Å². The minimum atomic E-state index is -0.618. The second-order valence-corrected chi connectivity index (χ2v) is 9.59. The van der Waals surface area contributed by atoms with E-state index in [-0.39, 0.29) is 0 Å².